The molecule has 27 heavy (non-hydrogen) atoms. The highest BCUT2D eigenvalue weighted by Crippen LogP contribution is 2.32. The predicted octanol–water partition coefficient (Wildman–Crippen LogP) is 6.47. The van der Waals surface area contributed by atoms with E-state index in [1.165, 1.54) is 50.5 Å². The molecule has 0 radical (unpaired) electrons. The molecular formula is C24H34N2O. The van der Waals surface area contributed by atoms with E-state index >= 15 is 0 Å². The quantitative estimate of drug-likeness (QED) is 0.477. The van der Waals surface area contributed by atoms with E-state index < -0.39 is 0 Å². The highest BCUT2D eigenvalue weighted by Gasteiger charge is 2.20. The van der Waals surface area contributed by atoms with Crippen molar-refractivity contribution in [3.8, 4) is 17.1 Å². The van der Waals surface area contributed by atoms with Gasteiger partial charge in [-0.2, -0.15) is 0 Å². The van der Waals surface area contributed by atoms with Gasteiger partial charge in [0.15, 0.2) is 5.82 Å². The molecule has 0 aliphatic heterocycles. The van der Waals surface area contributed by atoms with Crippen molar-refractivity contribution in [2.45, 2.75) is 71.6 Å². The Labute approximate surface area is 164 Å². The van der Waals surface area contributed by atoms with Gasteiger partial charge in [-0.15, -0.1) is 0 Å². The molecule has 1 saturated carbocycles. The molecule has 1 heterocycles. The minimum Gasteiger partial charge on any atom is -0.494 e. The second-order valence-corrected chi connectivity index (χ2v) is 8.06. The average molecular weight is 367 g/mol. The summed E-state index contributed by atoms with van der Waals surface area (Å²) in [4.78, 5) is 9.03. The van der Waals surface area contributed by atoms with Crippen LogP contribution in [0.4, 0.5) is 0 Å². The van der Waals surface area contributed by atoms with E-state index in [4.69, 9.17) is 4.74 Å². The van der Waals surface area contributed by atoms with Crippen LogP contribution in [0.3, 0.4) is 0 Å². The number of aromatic nitrogens is 2. The lowest BCUT2D eigenvalue weighted by Crippen LogP contribution is -2.17. The van der Waals surface area contributed by atoms with Crippen LogP contribution in [-0.4, -0.2) is 16.6 Å². The number of ether oxygens (including phenoxy) is 1. The molecule has 1 fully saturated rings. The minimum atomic E-state index is 0.785. The van der Waals surface area contributed by atoms with Crippen LogP contribution in [0.1, 0.15) is 70.8 Å². The summed E-state index contributed by atoms with van der Waals surface area (Å²) >= 11 is 0. The van der Waals surface area contributed by atoms with Crippen molar-refractivity contribution in [2.24, 2.45) is 11.8 Å². The second kappa shape index (κ2) is 10.4. The molecule has 1 aromatic heterocycles. The first-order chi connectivity index (χ1) is 13.3. The van der Waals surface area contributed by atoms with E-state index in [1.54, 1.807) is 0 Å². The third kappa shape index (κ3) is 6.05. The van der Waals surface area contributed by atoms with E-state index in [9.17, 15) is 0 Å². The van der Waals surface area contributed by atoms with Gasteiger partial charge in [-0.05, 0) is 67.3 Å². The van der Waals surface area contributed by atoms with Crippen molar-refractivity contribution in [3.63, 3.8) is 0 Å². The fourth-order valence-corrected chi connectivity index (χ4v) is 4.07. The van der Waals surface area contributed by atoms with Crippen LogP contribution in [0.25, 0.3) is 11.4 Å². The molecule has 2 unspecified atom stereocenters. The number of rotatable bonds is 9. The molecule has 1 aliphatic rings. The van der Waals surface area contributed by atoms with Crippen LogP contribution in [0.5, 0.6) is 5.75 Å². The van der Waals surface area contributed by atoms with Crippen LogP contribution in [-0.2, 0) is 6.42 Å². The lowest BCUT2D eigenvalue weighted by atomic mass is 9.78. The van der Waals surface area contributed by atoms with Crippen LogP contribution in [0.15, 0.2) is 36.7 Å². The first kappa shape index (κ1) is 19.9. The molecule has 3 nitrogen and oxygen atoms in total. The van der Waals surface area contributed by atoms with Gasteiger partial charge in [0, 0.05) is 18.0 Å². The largest absolute Gasteiger partial charge is 0.494 e. The van der Waals surface area contributed by atoms with Crippen LogP contribution < -0.4 is 4.74 Å². The SMILES string of the molecule is CCCCc1cnc(-c2ccc(OCCCC3CCCCC3C)cc2)nc1. The molecule has 3 heteroatoms. The predicted molar refractivity (Wildman–Crippen MR) is 112 cm³/mol. The maximum atomic E-state index is 5.95. The number of nitrogens with zero attached hydrogens (tertiary/aromatic N) is 2. The van der Waals surface area contributed by atoms with Crippen molar-refractivity contribution in [3.05, 3.63) is 42.2 Å². The van der Waals surface area contributed by atoms with Gasteiger partial charge < -0.3 is 4.74 Å². The van der Waals surface area contributed by atoms with Gasteiger partial charge in [-0.25, -0.2) is 9.97 Å². The van der Waals surface area contributed by atoms with Crippen LogP contribution in [0, 0.1) is 11.8 Å². The molecular weight excluding hydrogens is 332 g/mol. The molecule has 146 valence electrons. The summed E-state index contributed by atoms with van der Waals surface area (Å²) in [6.45, 7) is 5.43. The standard InChI is InChI=1S/C24H34N2O/c1-3-4-9-20-17-25-24(26-18-20)22-12-14-23(15-13-22)27-16-7-11-21-10-6-5-8-19(21)2/h12-15,17-19,21H,3-11,16H2,1-2H3. The van der Waals surface area contributed by atoms with Crippen LogP contribution >= 0.6 is 0 Å². The third-order valence-electron chi connectivity index (χ3n) is 5.91. The lowest BCUT2D eigenvalue weighted by Gasteiger charge is -2.28. The summed E-state index contributed by atoms with van der Waals surface area (Å²) in [6.07, 6.45) is 15.5. The lowest BCUT2D eigenvalue weighted by molar-refractivity contribution is 0.217. The zero-order valence-electron chi connectivity index (χ0n) is 17.0. The summed E-state index contributed by atoms with van der Waals surface area (Å²) in [7, 11) is 0. The molecule has 1 aromatic carbocycles. The Morgan fingerprint density at radius 3 is 2.44 bits per heavy atom. The first-order valence-corrected chi connectivity index (χ1v) is 10.8. The van der Waals surface area contributed by atoms with Crippen molar-refractivity contribution < 1.29 is 4.74 Å². The Kier molecular flexibility index (Phi) is 7.67. The van der Waals surface area contributed by atoms with E-state index in [1.807, 2.05) is 24.5 Å². The fraction of sp³-hybridized carbons (Fsp3) is 0.583. The zero-order valence-corrected chi connectivity index (χ0v) is 17.0. The van der Waals surface area contributed by atoms with E-state index in [2.05, 4.69) is 35.9 Å². The Hall–Kier alpha value is -1.90. The number of benzene rings is 1. The summed E-state index contributed by atoms with van der Waals surface area (Å²) in [5.74, 6) is 3.52. The summed E-state index contributed by atoms with van der Waals surface area (Å²) in [5.41, 5.74) is 2.26. The monoisotopic (exact) mass is 366 g/mol. The molecule has 2 aromatic rings. The molecule has 0 spiro atoms. The Bertz CT molecular complexity index is 666. The Morgan fingerprint density at radius 2 is 1.74 bits per heavy atom. The minimum absolute atomic E-state index is 0.785. The second-order valence-electron chi connectivity index (χ2n) is 8.06. The van der Waals surface area contributed by atoms with Crippen LogP contribution in [0.2, 0.25) is 0 Å². The molecule has 2 atom stereocenters. The van der Waals surface area contributed by atoms with Gasteiger partial charge in [0.1, 0.15) is 5.75 Å². The van der Waals surface area contributed by atoms with Gasteiger partial charge in [0.25, 0.3) is 0 Å². The van der Waals surface area contributed by atoms with E-state index in [0.29, 0.717) is 0 Å². The smallest absolute Gasteiger partial charge is 0.159 e. The highest BCUT2D eigenvalue weighted by atomic mass is 16.5. The number of unbranched alkanes of at least 4 members (excludes halogenated alkanes) is 1. The molecule has 0 amide bonds. The fourth-order valence-electron chi connectivity index (χ4n) is 4.07. The maximum absolute atomic E-state index is 5.95. The zero-order chi connectivity index (χ0) is 18.9. The van der Waals surface area contributed by atoms with Crippen molar-refractivity contribution in [1.29, 1.82) is 0 Å². The number of hydrogen-bond donors (Lipinski definition) is 0. The number of hydrogen-bond acceptors (Lipinski definition) is 3. The molecule has 0 bridgehead atoms. The molecule has 0 N–H and O–H groups in total. The highest BCUT2D eigenvalue weighted by molar-refractivity contribution is 5.55. The topological polar surface area (TPSA) is 35.0 Å². The molecule has 3 rings (SSSR count). The van der Waals surface area contributed by atoms with Gasteiger partial charge in [-0.1, -0.05) is 46.0 Å². The Morgan fingerprint density at radius 1 is 1.00 bits per heavy atom. The molecule has 1 aliphatic carbocycles. The molecule has 0 saturated heterocycles. The van der Waals surface area contributed by atoms with Gasteiger partial charge in [0.05, 0.1) is 6.61 Å². The van der Waals surface area contributed by atoms with Crippen molar-refractivity contribution in [2.75, 3.05) is 6.61 Å². The van der Waals surface area contributed by atoms with E-state index in [-0.39, 0.29) is 0 Å². The first-order valence-electron chi connectivity index (χ1n) is 10.8. The third-order valence-corrected chi connectivity index (χ3v) is 5.91. The van der Waals surface area contributed by atoms with Crippen molar-refractivity contribution >= 4 is 0 Å². The summed E-state index contributed by atoms with van der Waals surface area (Å²) < 4.78 is 5.95. The summed E-state index contributed by atoms with van der Waals surface area (Å²) in [5, 5.41) is 0. The van der Waals surface area contributed by atoms with Gasteiger partial charge in [-0.3, -0.25) is 0 Å². The van der Waals surface area contributed by atoms with Gasteiger partial charge >= 0.3 is 0 Å². The van der Waals surface area contributed by atoms with Gasteiger partial charge in [0.2, 0.25) is 0 Å². The number of aryl methyl sites for hydroxylation is 1. The van der Waals surface area contributed by atoms with E-state index in [0.717, 1.165) is 48.4 Å². The average Bonchev–Trinajstić information content (AvgIpc) is 2.72. The van der Waals surface area contributed by atoms with Crippen molar-refractivity contribution in [1.82, 2.24) is 9.97 Å². The maximum Gasteiger partial charge on any atom is 0.159 e. The normalized spacial score (nSPS) is 19.8. The Balaban J connectivity index is 1.44. The summed E-state index contributed by atoms with van der Waals surface area (Å²) in [6, 6.07) is 8.18.